The van der Waals surface area contributed by atoms with Gasteiger partial charge in [0.15, 0.2) is 0 Å². The number of carbonyl (C=O) groups excluding carboxylic acids is 6. The van der Waals surface area contributed by atoms with Gasteiger partial charge in [-0.05, 0) is 71.6 Å². The van der Waals surface area contributed by atoms with Crippen molar-refractivity contribution in [2.24, 2.45) is 17.3 Å². The first kappa shape index (κ1) is 40.9. The Morgan fingerprint density at radius 3 is 2.18 bits per heavy atom. The van der Waals surface area contributed by atoms with Crippen LogP contribution in [0.2, 0.25) is 0 Å². The fourth-order valence-electron chi connectivity index (χ4n) is 7.39. The molecule has 3 aliphatic rings. The third-order valence-electron chi connectivity index (χ3n) is 9.64. The van der Waals surface area contributed by atoms with E-state index in [-0.39, 0.29) is 31.3 Å². The van der Waals surface area contributed by atoms with Gasteiger partial charge >= 0.3 is 12.0 Å². The van der Waals surface area contributed by atoms with Crippen molar-refractivity contribution in [1.29, 1.82) is 0 Å². The number of nitrogens with one attached hydrogen (secondary N) is 4. The van der Waals surface area contributed by atoms with Crippen LogP contribution in [0.3, 0.4) is 0 Å². The molecule has 3 rings (SSSR count). The molecule has 5 amide bonds. The highest BCUT2D eigenvalue weighted by molar-refractivity contribution is 6.38. The average molecular weight is 704 g/mol. The number of amides is 5. The van der Waals surface area contributed by atoms with E-state index in [9.17, 15) is 28.8 Å². The van der Waals surface area contributed by atoms with Crippen LogP contribution in [0.25, 0.3) is 0 Å². The van der Waals surface area contributed by atoms with Crippen molar-refractivity contribution >= 4 is 35.5 Å². The van der Waals surface area contributed by atoms with E-state index in [1.165, 1.54) is 11.0 Å². The summed E-state index contributed by atoms with van der Waals surface area (Å²) in [4.78, 5) is 82.9. The van der Waals surface area contributed by atoms with Crippen LogP contribution in [-0.2, 0) is 33.4 Å². The van der Waals surface area contributed by atoms with Crippen LogP contribution < -0.4 is 21.3 Å². The lowest BCUT2D eigenvalue weighted by Gasteiger charge is -2.37. The summed E-state index contributed by atoms with van der Waals surface area (Å²) in [6.45, 7) is 20.2. The highest BCUT2D eigenvalue weighted by Gasteiger charge is 2.56. The van der Waals surface area contributed by atoms with Gasteiger partial charge < -0.3 is 35.6 Å². The summed E-state index contributed by atoms with van der Waals surface area (Å²) >= 11 is 0. The molecular weight excluding hydrogens is 642 g/mol. The van der Waals surface area contributed by atoms with E-state index in [2.05, 4.69) is 27.8 Å². The Hall–Kier alpha value is -3.48. The highest BCUT2D eigenvalue weighted by Crippen LogP contribution is 2.43. The molecule has 4 N–H and O–H groups in total. The first-order chi connectivity index (χ1) is 23.2. The van der Waals surface area contributed by atoms with Gasteiger partial charge in [0.05, 0.1) is 17.7 Å². The van der Waals surface area contributed by atoms with Crippen molar-refractivity contribution in [3.05, 3.63) is 12.7 Å². The molecule has 2 heterocycles. The topological polar surface area (TPSA) is 172 Å². The summed E-state index contributed by atoms with van der Waals surface area (Å²) in [5.74, 6) is -3.69. The first-order valence-electron chi connectivity index (χ1n) is 18.2. The zero-order valence-electron chi connectivity index (χ0n) is 31.6. The van der Waals surface area contributed by atoms with Crippen molar-refractivity contribution in [2.75, 3.05) is 13.1 Å². The van der Waals surface area contributed by atoms with Crippen molar-refractivity contribution in [1.82, 2.24) is 26.2 Å². The maximum Gasteiger partial charge on any atom is 0.329 e. The molecule has 2 aliphatic heterocycles. The fraction of sp³-hybridized carbons (Fsp3) is 0.784. The summed E-state index contributed by atoms with van der Waals surface area (Å²) < 4.78 is 11.9. The molecule has 0 aromatic rings. The molecule has 0 bridgehead atoms. The molecule has 282 valence electrons. The molecule has 13 nitrogen and oxygen atoms in total. The van der Waals surface area contributed by atoms with E-state index < -0.39 is 82.4 Å². The smallest absolute Gasteiger partial charge is 0.329 e. The molecule has 50 heavy (non-hydrogen) atoms. The van der Waals surface area contributed by atoms with E-state index in [0.29, 0.717) is 25.7 Å². The SMILES string of the molecule is C=CCNC(=O)C(=O)C(CCC)NC(=O)[C@@H]1[C@H]2CC(C)(C)O[C@H]2CN1C(=O)[C@@H](NC(=O)N[C@H](C(=O)OC(C)(C)C)C(C)(C)C)C1CCCCC1. The zero-order valence-corrected chi connectivity index (χ0v) is 31.6. The molecule has 0 aromatic heterocycles. The number of nitrogens with zero attached hydrogens (tertiary/aromatic N) is 1. The minimum absolute atomic E-state index is 0.107. The molecule has 2 saturated heterocycles. The summed E-state index contributed by atoms with van der Waals surface area (Å²) in [6, 6.07) is -4.73. The number of ether oxygens (including phenoxy) is 2. The van der Waals surface area contributed by atoms with Gasteiger partial charge in [0, 0.05) is 19.0 Å². The molecule has 1 aliphatic carbocycles. The average Bonchev–Trinajstić information content (AvgIpc) is 3.50. The minimum Gasteiger partial charge on any atom is -0.458 e. The number of ketones is 1. The van der Waals surface area contributed by atoms with E-state index in [0.717, 1.165) is 19.3 Å². The van der Waals surface area contributed by atoms with E-state index in [4.69, 9.17) is 9.47 Å². The van der Waals surface area contributed by atoms with Gasteiger partial charge in [0.1, 0.15) is 23.7 Å². The van der Waals surface area contributed by atoms with Crippen LogP contribution in [0.1, 0.15) is 114 Å². The van der Waals surface area contributed by atoms with E-state index in [1.54, 1.807) is 20.8 Å². The summed E-state index contributed by atoms with van der Waals surface area (Å²) in [7, 11) is 0. The van der Waals surface area contributed by atoms with Gasteiger partial charge in [-0.1, -0.05) is 59.5 Å². The van der Waals surface area contributed by atoms with Crippen molar-refractivity contribution in [3.63, 3.8) is 0 Å². The predicted molar refractivity (Wildman–Crippen MR) is 189 cm³/mol. The zero-order chi connectivity index (χ0) is 37.6. The maximum atomic E-state index is 14.7. The largest absolute Gasteiger partial charge is 0.458 e. The lowest BCUT2D eigenvalue weighted by molar-refractivity contribution is -0.160. The normalized spacial score (nSPS) is 23.9. The van der Waals surface area contributed by atoms with Crippen molar-refractivity contribution in [3.8, 4) is 0 Å². The second-order valence-electron chi connectivity index (χ2n) is 16.8. The van der Waals surface area contributed by atoms with Crippen LogP contribution in [-0.4, -0.2) is 95.0 Å². The maximum absolute atomic E-state index is 14.7. The summed E-state index contributed by atoms with van der Waals surface area (Å²) in [5.41, 5.74) is -1.99. The highest BCUT2D eigenvalue weighted by atomic mass is 16.6. The summed E-state index contributed by atoms with van der Waals surface area (Å²) in [6.07, 6.45) is 6.51. The van der Waals surface area contributed by atoms with Gasteiger partial charge in [0.2, 0.25) is 17.6 Å². The van der Waals surface area contributed by atoms with Gasteiger partial charge in [-0.2, -0.15) is 0 Å². The van der Waals surface area contributed by atoms with Gasteiger partial charge in [-0.25, -0.2) is 9.59 Å². The fourth-order valence-corrected chi connectivity index (χ4v) is 7.39. The van der Waals surface area contributed by atoms with Crippen LogP contribution >= 0.6 is 0 Å². The number of urea groups is 1. The number of fused-ring (bicyclic) bond motifs is 1. The molecule has 0 radical (unpaired) electrons. The van der Waals surface area contributed by atoms with E-state index >= 15 is 0 Å². The Morgan fingerprint density at radius 2 is 1.62 bits per heavy atom. The molecule has 0 spiro atoms. The Balaban J connectivity index is 1.92. The van der Waals surface area contributed by atoms with Crippen molar-refractivity contribution < 1.29 is 38.2 Å². The monoisotopic (exact) mass is 703 g/mol. The molecule has 13 heteroatoms. The van der Waals surface area contributed by atoms with Gasteiger partial charge in [-0.3, -0.25) is 19.2 Å². The molecular formula is C37H61N5O8. The lowest BCUT2D eigenvalue weighted by Crippen LogP contribution is -2.61. The van der Waals surface area contributed by atoms with Gasteiger partial charge in [-0.15, -0.1) is 6.58 Å². The Morgan fingerprint density at radius 1 is 0.980 bits per heavy atom. The summed E-state index contributed by atoms with van der Waals surface area (Å²) in [5, 5.41) is 11.0. The standard InChI is InChI=1S/C37H61N5O8/c1-11-16-24(28(43)31(45)38-19-12-2)39-30(44)27-23-20-37(9,10)49-25(23)21-42(27)32(46)26(22-17-14-13-15-18-22)40-34(48)41-29(35(3,4)5)33(47)50-36(6,7)8/h12,22-27,29H,2,11,13-21H2,1,3-10H3,(H,38,45)(H,39,44)(H2,40,41,48)/t23-,24?,25-,26-,27-,29+/m0/s1. The quantitative estimate of drug-likeness (QED) is 0.128. The third kappa shape index (κ3) is 10.8. The number of rotatable bonds is 13. The number of carbonyl (C=O) groups is 6. The van der Waals surface area contributed by atoms with E-state index in [1.807, 2.05) is 41.5 Å². The molecule has 6 atom stereocenters. The molecule has 0 aromatic carbocycles. The second-order valence-corrected chi connectivity index (χ2v) is 16.8. The van der Waals surface area contributed by atoms with Gasteiger partial charge in [0.25, 0.3) is 5.91 Å². The van der Waals surface area contributed by atoms with Crippen LogP contribution in [0, 0.1) is 17.3 Å². The number of hydrogen-bond acceptors (Lipinski definition) is 8. The molecule has 3 fully saturated rings. The Bertz CT molecular complexity index is 1280. The number of esters is 1. The third-order valence-corrected chi connectivity index (χ3v) is 9.64. The number of Topliss-reactive ketones (excluding diaryl/α,β-unsaturated/α-hetero) is 1. The Labute approximate surface area is 297 Å². The number of hydrogen-bond donors (Lipinski definition) is 4. The van der Waals surface area contributed by atoms with Crippen LogP contribution in [0.5, 0.6) is 0 Å². The Kier molecular flexibility index (Phi) is 13.7. The molecule has 1 saturated carbocycles. The van der Waals surface area contributed by atoms with Crippen LogP contribution in [0.4, 0.5) is 4.79 Å². The van der Waals surface area contributed by atoms with Crippen molar-refractivity contribution in [2.45, 2.75) is 155 Å². The lowest BCUT2D eigenvalue weighted by atomic mass is 9.83. The van der Waals surface area contributed by atoms with Crippen LogP contribution in [0.15, 0.2) is 12.7 Å². The first-order valence-corrected chi connectivity index (χ1v) is 18.2. The number of likely N-dealkylation sites (tertiary alicyclic amines) is 1. The minimum atomic E-state index is -1.08. The second kappa shape index (κ2) is 16.7. The predicted octanol–water partition coefficient (Wildman–Crippen LogP) is 3.54. The molecule has 1 unspecified atom stereocenters.